The van der Waals surface area contributed by atoms with Crippen molar-refractivity contribution in [1.29, 1.82) is 5.41 Å². The summed E-state index contributed by atoms with van der Waals surface area (Å²) in [4.78, 5) is 23.1. The molecule has 18 heavy (non-hydrogen) atoms. The van der Waals surface area contributed by atoms with Crippen molar-refractivity contribution in [1.82, 2.24) is 5.32 Å². The summed E-state index contributed by atoms with van der Waals surface area (Å²) in [7, 11) is 0. The first-order valence-electron chi connectivity index (χ1n) is 5.16. The minimum Gasteiger partial charge on any atom is -0.326 e. The number of hydrogen-bond donors (Lipinski definition) is 3. The zero-order chi connectivity index (χ0) is 13.1. The van der Waals surface area contributed by atoms with Gasteiger partial charge in [-0.2, -0.15) is 0 Å². The highest BCUT2D eigenvalue weighted by molar-refractivity contribution is 9.10. The second-order valence-corrected chi connectivity index (χ2v) is 5.81. The number of amidine groups is 1. The molecule has 1 atom stereocenters. The summed E-state index contributed by atoms with van der Waals surface area (Å²) in [5.74, 6) is -0.518. The van der Waals surface area contributed by atoms with Crippen LogP contribution < -0.4 is 10.6 Å². The number of nitrogens with one attached hydrogen (secondary N) is 3. The van der Waals surface area contributed by atoms with Crippen molar-refractivity contribution in [3.8, 4) is 0 Å². The van der Waals surface area contributed by atoms with Gasteiger partial charge in [0.1, 0.15) is 5.25 Å². The Kier molecular flexibility index (Phi) is 4.03. The van der Waals surface area contributed by atoms with Crippen molar-refractivity contribution >= 4 is 50.4 Å². The van der Waals surface area contributed by atoms with Gasteiger partial charge in [0.05, 0.1) is 0 Å². The SMILES string of the molecule is N=C1NC(=O)C(CC(=O)Nc2ccc(Br)cc2)S1. The normalized spacial score (nSPS) is 18.6. The number of carbonyl (C=O) groups is 2. The number of halogens is 1. The van der Waals surface area contributed by atoms with E-state index in [0.29, 0.717) is 5.69 Å². The highest BCUT2D eigenvalue weighted by atomic mass is 79.9. The maximum Gasteiger partial charge on any atom is 0.240 e. The molecule has 94 valence electrons. The summed E-state index contributed by atoms with van der Waals surface area (Å²) in [5.41, 5.74) is 0.682. The zero-order valence-corrected chi connectivity index (χ0v) is 11.6. The molecule has 3 N–H and O–H groups in total. The third-order valence-corrected chi connectivity index (χ3v) is 3.82. The predicted molar refractivity (Wildman–Crippen MR) is 74.6 cm³/mol. The number of rotatable bonds is 3. The maximum atomic E-state index is 11.7. The average Bonchev–Trinajstić information content (AvgIpc) is 2.61. The molecule has 2 rings (SSSR count). The number of amides is 2. The first-order valence-corrected chi connectivity index (χ1v) is 6.83. The van der Waals surface area contributed by atoms with E-state index in [-0.39, 0.29) is 23.4 Å². The summed E-state index contributed by atoms with van der Waals surface area (Å²) in [6, 6.07) is 7.18. The second-order valence-electron chi connectivity index (χ2n) is 3.68. The number of thioether (sulfide) groups is 1. The fourth-order valence-corrected chi connectivity index (χ4v) is 2.57. The highest BCUT2D eigenvalue weighted by Gasteiger charge is 2.31. The van der Waals surface area contributed by atoms with E-state index in [4.69, 9.17) is 5.41 Å². The molecule has 0 bridgehead atoms. The van der Waals surface area contributed by atoms with Gasteiger partial charge in [-0.3, -0.25) is 15.0 Å². The third-order valence-electron chi connectivity index (χ3n) is 2.29. The lowest BCUT2D eigenvalue weighted by Gasteiger charge is -2.07. The molecule has 2 amide bonds. The summed E-state index contributed by atoms with van der Waals surface area (Å²) in [6.45, 7) is 0. The quantitative estimate of drug-likeness (QED) is 0.793. The predicted octanol–water partition coefficient (Wildman–Crippen LogP) is 1.94. The molecule has 5 nitrogen and oxygen atoms in total. The lowest BCUT2D eigenvalue weighted by atomic mass is 10.2. The van der Waals surface area contributed by atoms with Crippen molar-refractivity contribution in [2.45, 2.75) is 11.7 Å². The number of benzene rings is 1. The van der Waals surface area contributed by atoms with Gasteiger partial charge in [-0.25, -0.2) is 0 Å². The second kappa shape index (κ2) is 5.53. The van der Waals surface area contributed by atoms with Crippen LogP contribution in [0.15, 0.2) is 28.7 Å². The summed E-state index contributed by atoms with van der Waals surface area (Å²) >= 11 is 4.37. The lowest BCUT2D eigenvalue weighted by Crippen LogP contribution is -2.27. The molecule has 1 saturated heterocycles. The molecule has 0 aliphatic carbocycles. The fourth-order valence-electron chi connectivity index (χ4n) is 1.47. The molecular formula is C11H10BrN3O2S. The Balaban J connectivity index is 1.91. The molecule has 1 unspecified atom stereocenters. The lowest BCUT2D eigenvalue weighted by molar-refractivity contribution is -0.122. The Morgan fingerprint density at radius 3 is 2.67 bits per heavy atom. The van der Waals surface area contributed by atoms with Crippen LogP contribution in [0.25, 0.3) is 0 Å². The highest BCUT2D eigenvalue weighted by Crippen LogP contribution is 2.22. The van der Waals surface area contributed by atoms with Crippen LogP contribution in [0.2, 0.25) is 0 Å². The van der Waals surface area contributed by atoms with Gasteiger partial charge in [0, 0.05) is 16.6 Å². The van der Waals surface area contributed by atoms with Crippen LogP contribution in [-0.4, -0.2) is 22.2 Å². The van der Waals surface area contributed by atoms with E-state index in [1.807, 2.05) is 12.1 Å². The minimum absolute atomic E-state index is 0.0644. The van der Waals surface area contributed by atoms with Gasteiger partial charge in [-0.15, -0.1) is 0 Å². The first kappa shape index (κ1) is 13.1. The van der Waals surface area contributed by atoms with Gasteiger partial charge in [0.25, 0.3) is 0 Å². The Hall–Kier alpha value is -1.34. The van der Waals surface area contributed by atoms with Crippen LogP contribution in [-0.2, 0) is 9.59 Å². The van der Waals surface area contributed by atoms with Crippen molar-refractivity contribution in [2.75, 3.05) is 5.32 Å². The van der Waals surface area contributed by atoms with E-state index < -0.39 is 5.25 Å². The van der Waals surface area contributed by atoms with Crippen LogP contribution >= 0.6 is 27.7 Å². The molecule has 1 aromatic carbocycles. The topological polar surface area (TPSA) is 82.1 Å². The number of anilines is 1. The van der Waals surface area contributed by atoms with Crippen LogP contribution in [0.4, 0.5) is 5.69 Å². The van der Waals surface area contributed by atoms with Gasteiger partial charge >= 0.3 is 0 Å². The van der Waals surface area contributed by atoms with Gasteiger partial charge in [-0.1, -0.05) is 27.7 Å². The summed E-state index contributed by atoms with van der Waals surface area (Å²) in [6.07, 6.45) is 0.0644. The van der Waals surface area contributed by atoms with Crippen molar-refractivity contribution in [3.05, 3.63) is 28.7 Å². The molecule has 0 aromatic heterocycles. The zero-order valence-electron chi connectivity index (χ0n) is 9.20. The van der Waals surface area contributed by atoms with Crippen molar-refractivity contribution in [2.24, 2.45) is 0 Å². The Labute approximate surface area is 116 Å². The maximum absolute atomic E-state index is 11.7. The number of hydrogen-bond acceptors (Lipinski definition) is 4. The van der Waals surface area contributed by atoms with Crippen LogP contribution in [0.1, 0.15) is 6.42 Å². The van der Waals surface area contributed by atoms with E-state index in [1.165, 1.54) is 0 Å². The van der Waals surface area contributed by atoms with Gasteiger partial charge < -0.3 is 10.6 Å². The van der Waals surface area contributed by atoms with Crippen LogP contribution in [0.5, 0.6) is 0 Å². The molecule has 1 fully saturated rings. The van der Waals surface area contributed by atoms with Crippen molar-refractivity contribution in [3.63, 3.8) is 0 Å². The molecule has 0 radical (unpaired) electrons. The largest absolute Gasteiger partial charge is 0.326 e. The molecular weight excluding hydrogens is 318 g/mol. The summed E-state index contributed by atoms with van der Waals surface area (Å²) in [5, 5.41) is 12.0. The minimum atomic E-state index is -0.507. The fraction of sp³-hybridized carbons (Fsp3) is 0.182. The molecule has 1 aromatic rings. The van der Waals surface area contributed by atoms with E-state index in [9.17, 15) is 9.59 Å². The molecule has 7 heteroatoms. The molecule has 0 spiro atoms. The summed E-state index contributed by atoms with van der Waals surface area (Å²) < 4.78 is 0.930. The third kappa shape index (κ3) is 3.33. The van der Waals surface area contributed by atoms with Crippen molar-refractivity contribution < 1.29 is 9.59 Å². The molecule has 1 heterocycles. The molecule has 0 saturated carbocycles. The first-order chi connectivity index (χ1) is 8.54. The van der Waals surface area contributed by atoms with E-state index in [2.05, 4.69) is 26.6 Å². The molecule has 1 aliphatic rings. The van der Waals surface area contributed by atoms with Gasteiger partial charge in [-0.05, 0) is 24.3 Å². The van der Waals surface area contributed by atoms with Gasteiger partial charge in [0.15, 0.2) is 5.17 Å². The average molecular weight is 328 g/mol. The molecule has 1 aliphatic heterocycles. The van der Waals surface area contributed by atoms with Gasteiger partial charge in [0.2, 0.25) is 11.8 Å². The smallest absolute Gasteiger partial charge is 0.240 e. The van der Waals surface area contributed by atoms with Crippen LogP contribution in [0.3, 0.4) is 0 Å². The standard InChI is InChI=1S/C11H10BrN3O2S/c12-6-1-3-7(4-2-6)14-9(16)5-8-10(17)15-11(13)18-8/h1-4,8H,5H2,(H,14,16)(H2,13,15,17). The number of carbonyl (C=O) groups excluding carboxylic acids is 2. The van der Waals surface area contributed by atoms with E-state index in [1.54, 1.807) is 12.1 Å². The Morgan fingerprint density at radius 1 is 1.44 bits per heavy atom. The monoisotopic (exact) mass is 327 g/mol. The Morgan fingerprint density at radius 2 is 2.11 bits per heavy atom. The van der Waals surface area contributed by atoms with E-state index >= 15 is 0 Å². The Bertz CT molecular complexity index is 504. The van der Waals surface area contributed by atoms with E-state index in [0.717, 1.165) is 16.2 Å². The van der Waals surface area contributed by atoms with Crippen LogP contribution in [0, 0.1) is 5.41 Å².